The summed E-state index contributed by atoms with van der Waals surface area (Å²) in [6.45, 7) is 4.34. The van der Waals surface area contributed by atoms with E-state index in [0.717, 1.165) is 31.2 Å². The fraction of sp³-hybridized carbons (Fsp3) is 0.471. The van der Waals surface area contributed by atoms with Crippen molar-refractivity contribution in [3.05, 3.63) is 35.4 Å². The zero-order chi connectivity index (χ0) is 17.4. The molecule has 4 rings (SSSR count). The van der Waals surface area contributed by atoms with Crippen LogP contribution in [0.3, 0.4) is 0 Å². The van der Waals surface area contributed by atoms with Crippen molar-refractivity contribution >= 4 is 18.2 Å². The van der Waals surface area contributed by atoms with Crippen LogP contribution in [0.1, 0.15) is 39.8 Å². The van der Waals surface area contributed by atoms with E-state index in [2.05, 4.69) is 20.0 Å². The topological polar surface area (TPSA) is 90.2 Å². The highest BCUT2D eigenvalue weighted by Gasteiger charge is 2.45. The van der Waals surface area contributed by atoms with Crippen molar-refractivity contribution in [2.24, 2.45) is 11.8 Å². The summed E-state index contributed by atoms with van der Waals surface area (Å²) in [5.41, 5.74) is 1.41. The number of ether oxygens (including phenoxy) is 1. The monoisotopic (exact) mass is 341 g/mol. The summed E-state index contributed by atoms with van der Waals surface area (Å²) in [6, 6.07) is 0. The third-order valence-electron chi connectivity index (χ3n) is 4.74. The van der Waals surface area contributed by atoms with Crippen molar-refractivity contribution in [2.45, 2.75) is 19.9 Å². The lowest BCUT2D eigenvalue weighted by atomic mass is 10.2. The number of esters is 1. The van der Waals surface area contributed by atoms with E-state index in [-0.39, 0.29) is 0 Å². The molecule has 130 valence electrons. The molecule has 2 aromatic rings. The molecule has 0 aromatic carbocycles. The van der Waals surface area contributed by atoms with Crippen LogP contribution in [0.5, 0.6) is 0 Å². The van der Waals surface area contributed by atoms with Gasteiger partial charge >= 0.3 is 5.97 Å². The van der Waals surface area contributed by atoms with E-state index in [0.29, 0.717) is 35.9 Å². The number of carbonyl (C=O) groups excluding carboxylic acids is 2. The smallest absolute Gasteiger partial charge is 0.341 e. The highest BCUT2D eigenvalue weighted by atomic mass is 16.5. The molecule has 1 aliphatic carbocycles. The maximum absolute atomic E-state index is 11.7. The van der Waals surface area contributed by atoms with Gasteiger partial charge in [0.25, 0.3) is 0 Å². The molecule has 1 saturated carbocycles. The van der Waals surface area contributed by atoms with E-state index >= 15 is 0 Å². The van der Waals surface area contributed by atoms with E-state index in [9.17, 15) is 9.59 Å². The average Bonchev–Trinajstić information content (AvgIpc) is 3.02. The van der Waals surface area contributed by atoms with E-state index in [1.165, 1.54) is 12.6 Å². The number of piperidine rings is 1. The predicted octanol–water partition coefficient (Wildman–Crippen LogP) is 1.17. The largest absolute Gasteiger partial charge is 0.462 e. The summed E-state index contributed by atoms with van der Waals surface area (Å²) in [6.07, 6.45) is 6.75. The van der Waals surface area contributed by atoms with Gasteiger partial charge in [-0.3, -0.25) is 9.48 Å². The number of fused-ring (bicyclic) bond motifs is 1. The van der Waals surface area contributed by atoms with Gasteiger partial charge < -0.3 is 9.64 Å². The van der Waals surface area contributed by atoms with Gasteiger partial charge in [0.05, 0.1) is 24.9 Å². The van der Waals surface area contributed by atoms with E-state index in [4.69, 9.17) is 4.74 Å². The number of aromatic nitrogens is 4. The van der Waals surface area contributed by atoms with Gasteiger partial charge in [0.1, 0.15) is 5.69 Å². The number of carbonyl (C=O) groups is 2. The van der Waals surface area contributed by atoms with Crippen molar-refractivity contribution in [3.63, 3.8) is 0 Å². The van der Waals surface area contributed by atoms with E-state index < -0.39 is 5.97 Å². The minimum atomic E-state index is -0.413. The Morgan fingerprint density at radius 2 is 2.16 bits per heavy atom. The molecule has 0 spiro atoms. The Balaban J connectivity index is 1.50. The van der Waals surface area contributed by atoms with Crippen LogP contribution in [0.4, 0.5) is 5.95 Å². The molecule has 2 aliphatic rings. The predicted molar refractivity (Wildman–Crippen MR) is 88.5 cm³/mol. The SMILES string of the molecule is CCOC(=O)c1cnn(Cc2cnc(N3CC4CC4C3)nc2C=O)c1. The highest BCUT2D eigenvalue weighted by molar-refractivity contribution is 5.88. The van der Waals surface area contributed by atoms with Crippen LogP contribution in [-0.4, -0.2) is 51.7 Å². The lowest BCUT2D eigenvalue weighted by Gasteiger charge is -2.18. The van der Waals surface area contributed by atoms with Crippen molar-refractivity contribution in [1.82, 2.24) is 19.7 Å². The Bertz CT molecular complexity index is 808. The highest BCUT2D eigenvalue weighted by Crippen LogP contribution is 2.45. The fourth-order valence-electron chi connectivity index (χ4n) is 3.29. The van der Waals surface area contributed by atoms with Gasteiger partial charge in [0.2, 0.25) is 5.95 Å². The number of rotatable bonds is 6. The second-order valence-electron chi connectivity index (χ2n) is 6.51. The second kappa shape index (κ2) is 6.27. The minimum Gasteiger partial charge on any atom is -0.462 e. The first kappa shape index (κ1) is 15.7. The van der Waals surface area contributed by atoms with Crippen LogP contribution >= 0.6 is 0 Å². The Hall–Kier alpha value is -2.77. The van der Waals surface area contributed by atoms with Gasteiger partial charge in [-0.05, 0) is 25.2 Å². The maximum atomic E-state index is 11.7. The Morgan fingerprint density at radius 3 is 2.88 bits per heavy atom. The van der Waals surface area contributed by atoms with Gasteiger partial charge in [0.15, 0.2) is 6.29 Å². The lowest BCUT2D eigenvalue weighted by Crippen LogP contribution is -2.25. The molecule has 1 aliphatic heterocycles. The van der Waals surface area contributed by atoms with E-state index in [1.54, 1.807) is 24.0 Å². The Labute approximate surface area is 144 Å². The first-order chi connectivity index (χ1) is 12.2. The minimum absolute atomic E-state index is 0.312. The molecule has 0 bridgehead atoms. The zero-order valence-corrected chi connectivity index (χ0v) is 14.0. The number of aldehydes is 1. The molecule has 0 radical (unpaired) electrons. The molecular weight excluding hydrogens is 322 g/mol. The Morgan fingerprint density at radius 1 is 1.36 bits per heavy atom. The van der Waals surface area contributed by atoms with Gasteiger partial charge in [0, 0.05) is 31.0 Å². The Kier molecular flexibility index (Phi) is 3.95. The van der Waals surface area contributed by atoms with E-state index in [1.807, 2.05) is 0 Å². The maximum Gasteiger partial charge on any atom is 0.341 e. The van der Waals surface area contributed by atoms with Crippen LogP contribution in [0.15, 0.2) is 18.6 Å². The van der Waals surface area contributed by atoms with Crippen LogP contribution < -0.4 is 4.90 Å². The molecule has 2 fully saturated rings. The standard InChI is InChI=1S/C17H19N5O3/c1-2-25-16(24)14-5-19-22(9-14)8-13-4-18-17(20-15(13)10-23)21-6-11-3-12(11)7-21/h4-5,9-12H,2-3,6-8H2,1H3. The molecule has 0 N–H and O–H groups in total. The molecular formula is C17H19N5O3. The zero-order valence-electron chi connectivity index (χ0n) is 14.0. The summed E-state index contributed by atoms with van der Waals surface area (Å²) < 4.78 is 6.51. The molecule has 3 heterocycles. The van der Waals surface area contributed by atoms with Crippen LogP contribution in [0, 0.1) is 11.8 Å². The number of hydrogen-bond acceptors (Lipinski definition) is 7. The van der Waals surface area contributed by atoms with Crippen molar-refractivity contribution < 1.29 is 14.3 Å². The molecule has 8 heteroatoms. The van der Waals surface area contributed by atoms with Crippen LogP contribution in [-0.2, 0) is 11.3 Å². The van der Waals surface area contributed by atoms with Crippen LogP contribution in [0.2, 0.25) is 0 Å². The van der Waals surface area contributed by atoms with Gasteiger partial charge in [-0.2, -0.15) is 5.10 Å². The van der Waals surface area contributed by atoms with Crippen molar-refractivity contribution in [1.29, 1.82) is 0 Å². The average molecular weight is 341 g/mol. The molecule has 2 unspecified atom stereocenters. The summed E-state index contributed by atoms with van der Waals surface area (Å²) >= 11 is 0. The summed E-state index contributed by atoms with van der Waals surface area (Å²) in [5, 5.41) is 4.14. The first-order valence-electron chi connectivity index (χ1n) is 8.43. The summed E-state index contributed by atoms with van der Waals surface area (Å²) in [7, 11) is 0. The molecule has 2 atom stereocenters. The third kappa shape index (κ3) is 3.11. The van der Waals surface area contributed by atoms with Gasteiger partial charge in [-0.1, -0.05) is 0 Å². The third-order valence-corrected chi connectivity index (χ3v) is 4.74. The summed E-state index contributed by atoms with van der Waals surface area (Å²) in [4.78, 5) is 34.1. The summed E-state index contributed by atoms with van der Waals surface area (Å²) in [5.74, 6) is 1.75. The normalized spacial score (nSPS) is 21.1. The quantitative estimate of drug-likeness (QED) is 0.575. The van der Waals surface area contributed by atoms with Crippen molar-refractivity contribution in [3.8, 4) is 0 Å². The molecule has 2 aromatic heterocycles. The van der Waals surface area contributed by atoms with Crippen molar-refractivity contribution in [2.75, 3.05) is 24.6 Å². The number of anilines is 1. The molecule has 1 saturated heterocycles. The first-order valence-corrected chi connectivity index (χ1v) is 8.43. The second-order valence-corrected chi connectivity index (χ2v) is 6.51. The number of hydrogen-bond donors (Lipinski definition) is 0. The van der Waals surface area contributed by atoms with Gasteiger partial charge in [-0.15, -0.1) is 0 Å². The number of nitrogens with zero attached hydrogens (tertiary/aromatic N) is 5. The fourth-order valence-corrected chi connectivity index (χ4v) is 3.29. The van der Waals surface area contributed by atoms with Gasteiger partial charge in [-0.25, -0.2) is 14.8 Å². The lowest BCUT2D eigenvalue weighted by molar-refractivity contribution is 0.0526. The molecule has 25 heavy (non-hydrogen) atoms. The molecule has 0 amide bonds. The van der Waals surface area contributed by atoms with Crippen LogP contribution in [0.25, 0.3) is 0 Å². The molecule has 8 nitrogen and oxygen atoms in total.